The third-order valence-electron chi connectivity index (χ3n) is 2.37. The predicted molar refractivity (Wildman–Crippen MR) is 68.2 cm³/mol. The Morgan fingerprint density at radius 3 is 2.26 bits per heavy atom. The van der Waals surface area contributed by atoms with E-state index >= 15 is 0 Å². The van der Waals surface area contributed by atoms with Crippen molar-refractivity contribution in [2.75, 3.05) is 11.9 Å². The highest BCUT2D eigenvalue weighted by Crippen LogP contribution is 2.28. The highest BCUT2D eigenvalue weighted by atomic mass is 79.9. The monoisotopic (exact) mass is 354 g/mol. The number of thiophene rings is 1. The van der Waals surface area contributed by atoms with E-state index in [-0.39, 0.29) is 6.54 Å². The molecular weight excluding hydrogens is 348 g/mol. The number of pyridine rings is 1. The number of rotatable bonds is 3. The molecule has 0 N–H and O–H groups in total. The van der Waals surface area contributed by atoms with E-state index < -0.39 is 29.2 Å². The van der Waals surface area contributed by atoms with Gasteiger partial charge in [0.1, 0.15) is 5.69 Å². The maximum Gasteiger partial charge on any atom is 0.253 e. The molecule has 0 unspecified atom stereocenters. The van der Waals surface area contributed by atoms with Gasteiger partial charge in [-0.25, -0.2) is 0 Å². The first-order chi connectivity index (χ1) is 8.90. The van der Waals surface area contributed by atoms with Crippen molar-refractivity contribution < 1.29 is 17.6 Å². The zero-order chi connectivity index (χ0) is 14.2. The molecule has 2 aromatic heterocycles. The van der Waals surface area contributed by atoms with Crippen LogP contribution in [0.1, 0.15) is 4.88 Å². The Morgan fingerprint density at radius 2 is 1.79 bits per heavy atom. The SMILES string of the molecule is CN(Cc1cc(Br)cs1)c1c(F)c(F)nc(F)c1F. The van der Waals surface area contributed by atoms with Gasteiger partial charge >= 0.3 is 0 Å². The largest absolute Gasteiger partial charge is 0.364 e. The third-order valence-corrected chi connectivity index (χ3v) is 4.05. The van der Waals surface area contributed by atoms with Crippen LogP contribution in [0.5, 0.6) is 0 Å². The van der Waals surface area contributed by atoms with Crippen LogP contribution in [0.15, 0.2) is 15.9 Å². The van der Waals surface area contributed by atoms with Crippen LogP contribution < -0.4 is 4.90 Å². The average Bonchev–Trinajstić information content (AvgIpc) is 2.72. The summed E-state index contributed by atoms with van der Waals surface area (Å²) >= 11 is 4.60. The summed E-state index contributed by atoms with van der Waals surface area (Å²) in [6.45, 7) is 0.118. The Kier molecular flexibility index (Phi) is 4.10. The van der Waals surface area contributed by atoms with Crippen molar-refractivity contribution in [2.45, 2.75) is 6.54 Å². The first-order valence-corrected chi connectivity index (χ1v) is 6.71. The fourth-order valence-corrected chi connectivity index (χ4v) is 3.06. The number of halogens is 5. The molecule has 2 aromatic rings. The van der Waals surface area contributed by atoms with Crippen molar-refractivity contribution in [3.05, 3.63) is 44.3 Å². The molecule has 2 heterocycles. The molecule has 8 heteroatoms. The molecule has 0 aromatic carbocycles. The maximum absolute atomic E-state index is 13.5. The molecule has 2 rings (SSSR count). The van der Waals surface area contributed by atoms with Gasteiger partial charge in [-0.05, 0) is 22.0 Å². The van der Waals surface area contributed by atoms with Gasteiger partial charge in [-0.15, -0.1) is 11.3 Å². The van der Waals surface area contributed by atoms with Gasteiger partial charge in [0.2, 0.25) is 11.6 Å². The van der Waals surface area contributed by atoms with Crippen LogP contribution in [-0.4, -0.2) is 12.0 Å². The summed E-state index contributed by atoms with van der Waals surface area (Å²) in [7, 11) is 1.34. The van der Waals surface area contributed by atoms with E-state index in [1.165, 1.54) is 18.4 Å². The molecule has 2 nitrogen and oxygen atoms in total. The average molecular weight is 355 g/mol. The normalized spacial score (nSPS) is 10.8. The van der Waals surface area contributed by atoms with E-state index in [9.17, 15) is 17.6 Å². The molecule has 102 valence electrons. The molecule has 0 fully saturated rings. The van der Waals surface area contributed by atoms with Gasteiger partial charge in [0, 0.05) is 21.8 Å². The van der Waals surface area contributed by atoms with Gasteiger partial charge in [-0.2, -0.15) is 22.5 Å². The molecule has 0 aliphatic heterocycles. The quantitative estimate of drug-likeness (QED) is 0.609. The van der Waals surface area contributed by atoms with Crippen LogP contribution in [0.25, 0.3) is 0 Å². The lowest BCUT2D eigenvalue weighted by molar-refractivity contribution is 0.407. The highest BCUT2D eigenvalue weighted by molar-refractivity contribution is 9.10. The maximum atomic E-state index is 13.5. The summed E-state index contributed by atoms with van der Waals surface area (Å²) in [5.74, 6) is -6.32. The molecule has 19 heavy (non-hydrogen) atoms. The van der Waals surface area contributed by atoms with Crippen molar-refractivity contribution in [3.63, 3.8) is 0 Å². The molecule has 0 amide bonds. The minimum Gasteiger partial charge on any atom is -0.364 e. The van der Waals surface area contributed by atoms with Crippen molar-refractivity contribution in [1.29, 1.82) is 0 Å². The first-order valence-electron chi connectivity index (χ1n) is 5.04. The summed E-state index contributed by atoms with van der Waals surface area (Å²) in [5.41, 5.74) is -0.769. The zero-order valence-electron chi connectivity index (χ0n) is 9.55. The number of hydrogen-bond donors (Lipinski definition) is 0. The second-order valence-corrected chi connectivity index (χ2v) is 5.67. The minimum atomic E-state index is -1.66. The summed E-state index contributed by atoms with van der Waals surface area (Å²) < 4.78 is 53.8. The summed E-state index contributed by atoms with van der Waals surface area (Å²) in [5, 5.41) is 1.80. The molecule has 0 saturated heterocycles. The van der Waals surface area contributed by atoms with Crippen LogP contribution in [0.4, 0.5) is 23.2 Å². The molecule has 0 radical (unpaired) electrons. The first kappa shape index (κ1) is 14.3. The van der Waals surface area contributed by atoms with Crippen LogP contribution in [0.2, 0.25) is 0 Å². The van der Waals surface area contributed by atoms with E-state index in [1.807, 2.05) is 0 Å². The van der Waals surface area contributed by atoms with Crippen LogP contribution in [0.3, 0.4) is 0 Å². The molecule has 0 bridgehead atoms. The number of hydrogen-bond acceptors (Lipinski definition) is 3. The smallest absolute Gasteiger partial charge is 0.253 e. The van der Waals surface area contributed by atoms with Gasteiger partial charge in [-0.3, -0.25) is 0 Å². The van der Waals surface area contributed by atoms with Crippen LogP contribution in [0, 0.1) is 23.5 Å². The van der Waals surface area contributed by atoms with Crippen molar-refractivity contribution in [3.8, 4) is 0 Å². The van der Waals surface area contributed by atoms with Crippen LogP contribution >= 0.6 is 27.3 Å². The van der Waals surface area contributed by atoms with Crippen molar-refractivity contribution in [2.24, 2.45) is 0 Å². The van der Waals surface area contributed by atoms with E-state index in [0.29, 0.717) is 0 Å². The third kappa shape index (κ3) is 2.89. The van der Waals surface area contributed by atoms with Gasteiger partial charge < -0.3 is 4.90 Å². The fourth-order valence-electron chi connectivity index (χ4n) is 1.56. The molecule has 0 aliphatic rings. The molecule has 0 aliphatic carbocycles. The van der Waals surface area contributed by atoms with E-state index in [4.69, 9.17) is 0 Å². The summed E-state index contributed by atoms with van der Waals surface area (Å²) in [6.07, 6.45) is 0. The second-order valence-electron chi connectivity index (χ2n) is 3.76. The topological polar surface area (TPSA) is 16.1 Å². The standard InChI is InChI=1S/C11H7BrF4N2S/c1-18(3-6-2-5(12)4-19-6)9-7(13)10(15)17-11(16)8(9)14/h2,4H,3H2,1H3. The van der Waals surface area contributed by atoms with E-state index in [2.05, 4.69) is 20.9 Å². The molecule has 0 atom stereocenters. The Bertz CT molecular complexity index is 591. The lowest BCUT2D eigenvalue weighted by Crippen LogP contribution is -2.20. The Balaban J connectivity index is 2.36. The van der Waals surface area contributed by atoms with Gasteiger partial charge in [0.15, 0.2) is 0 Å². The Hall–Kier alpha value is -1.15. The van der Waals surface area contributed by atoms with Gasteiger partial charge in [0.05, 0.1) is 6.54 Å². The predicted octanol–water partition coefficient (Wildman–Crippen LogP) is 4.10. The fraction of sp³-hybridized carbons (Fsp3) is 0.182. The molecule has 0 spiro atoms. The second kappa shape index (κ2) is 5.46. The highest BCUT2D eigenvalue weighted by Gasteiger charge is 2.23. The number of anilines is 1. The Morgan fingerprint density at radius 1 is 1.21 bits per heavy atom. The zero-order valence-corrected chi connectivity index (χ0v) is 12.0. The number of nitrogens with zero attached hydrogens (tertiary/aromatic N) is 2. The lowest BCUT2D eigenvalue weighted by Gasteiger charge is -2.19. The van der Waals surface area contributed by atoms with Crippen molar-refractivity contribution in [1.82, 2.24) is 4.98 Å². The van der Waals surface area contributed by atoms with E-state index in [0.717, 1.165) is 14.2 Å². The lowest BCUT2D eigenvalue weighted by atomic mass is 10.3. The van der Waals surface area contributed by atoms with Crippen LogP contribution in [-0.2, 0) is 6.54 Å². The summed E-state index contributed by atoms with van der Waals surface area (Å²) in [4.78, 5) is 4.39. The van der Waals surface area contributed by atoms with E-state index in [1.54, 1.807) is 11.4 Å². The summed E-state index contributed by atoms with van der Waals surface area (Å²) in [6, 6.07) is 1.75. The number of aromatic nitrogens is 1. The Labute approximate surface area is 118 Å². The minimum absolute atomic E-state index is 0.118. The van der Waals surface area contributed by atoms with Crippen molar-refractivity contribution >= 4 is 33.0 Å². The molecular formula is C11H7BrF4N2S. The van der Waals surface area contributed by atoms with Gasteiger partial charge in [-0.1, -0.05) is 0 Å². The molecule has 0 saturated carbocycles. The van der Waals surface area contributed by atoms with Gasteiger partial charge in [0.25, 0.3) is 11.9 Å².